The number of rotatable bonds is 5. The highest BCUT2D eigenvalue weighted by Gasteiger charge is 2.15. The van der Waals surface area contributed by atoms with Gasteiger partial charge in [-0.1, -0.05) is 36.4 Å². The molecular weight excluding hydrogens is 262 g/mol. The first-order chi connectivity index (χ1) is 9.68. The second kappa shape index (κ2) is 6.80. The Labute approximate surface area is 116 Å². The first-order valence-corrected chi connectivity index (χ1v) is 6.33. The Hall–Kier alpha value is -2.23. The van der Waals surface area contributed by atoms with Gasteiger partial charge in [-0.25, -0.2) is 13.6 Å². The van der Waals surface area contributed by atoms with Crippen molar-refractivity contribution < 1.29 is 18.3 Å². The SMILES string of the molecule is O=C(OCCCc1ccccc1)c1cccc(F)c1F. The Balaban J connectivity index is 1.82. The molecule has 0 amide bonds. The van der Waals surface area contributed by atoms with Gasteiger partial charge in [-0.15, -0.1) is 0 Å². The number of halogens is 2. The van der Waals surface area contributed by atoms with E-state index in [1.165, 1.54) is 12.1 Å². The number of hydrogen-bond donors (Lipinski definition) is 0. The van der Waals surface area contributed by atoms with Crippen molar-refractivity contribution in [3.8, 4) is 0 Å². The molecule has 20 heavy (non-hydrogen) atoms. The van der Waals surface area contributed by atoms with E-state index in [1.807, 2.05) is 30.3 Å². The van der Waals surface area contributed by atoms with Crippen LogP contribution in [0.2, 0.25) is 0 Å². The van der Waals surface area contributed by atoms with Crippen LogP contribution in [0.3, 0.4) is 0 Å². The standard InChI is InChI=1S/C16H14F2O2/c17-14-10-4-9-13(15(14)18)16(19)20-11-5-8-12-6-2-1-3-7-12/h1-4,6-7,9-10H,5,8,11H2. The van der Waals surface area contributed by atoms with E-state index in [1.54, 1.807) is 0 Å². The third-order valence-corrected chi connectivity index (χ3v) is 2.86. The van der Waals surface area contributed by atoms with Gasteiger partial charge in [-0.2, -0.15) is 0 Å². The van der Waals surface area contributed by atoms with E-state index >= 15 is 0 Å². The summed E-state index contributed by atoms with van der Waals surface area (Å²) >= 11 is 0. The Morgan fingerprint density at radius 2 is 1.75 bits per heavy atom. The first kappa shape index (κ1) is 14.2. The van der Waals surface area contributed by atoms with Gasteiger partial charge in [0.1, 0.15) is 0 Å². The van der Waals surface area contributed by atoms with Crippen molar-refractivity contribution in [1.29, 1.82) is 0 Å². The summed E-state index contributed by atoms with van der Waals surface area (Å²) in [4.78, 5) is 11.6. The molecule has 4 heteroatoms. The van der Waals surface area contributed by atoms with E-state index in [0.717, 1.165) is 18.1 Å². The smallest absolute Gasteiger partial charge is 0.341 e. The maximum absolute atomic E-state index is 13.4. The molecule has 0 fully saturated rings. The van der Waals surface area contributed by atoms with Gasteiger partial charge in [0.05, 0.1) is 12.2 Å². The molecule has 2 nitrogen and oxygen atoms in total. The first-order valence-electron chi connectivity index (χ1n) is 6.33. The molecule has 0 N–H and O–H groups in total. The van der Waals surface area contributed by atoms with Gasteiger partial charge in [0.2, 0.25) is 0 Å². The molecule has 0 radical (unpaired) electrons. The number of benzene rings is 2. The minimum absolute atomic E-state index is 0.170. The number of ether oxygens (including phenoxy) is 1. The maximum atomic E-state index is 13.4. The topological polar surface area (TPSA) is 26.3 Å². The monoisotopic (exact) mass is 276 g/mol. The van der Waals surface area contributed by atoms with Crippen LogP contribution in [0.5, 0.6) is 0 Å². The molecule has 2 aromatic rings. The molecule has 0 saturated heterocycles. The van der Waals surface area contributed by atoms with Crippen molar-refractivity contribution in [2.45, 2.75) is 12.8 Å². The third kappa shape index (κ3) is 3.63. The summed E-state index contributed by atoms with van der Waals surface area (Å²) in [6.07, 6.45) is 1.40. The molecule has 0 atom stereocenters. The summed E-state index contributed by atoms with van der Waals surface area (Å²) in [6, 6.07) is 13.2. The zero-order valence-electron chi connectivity index (χ0n) is 10.8. The fourth-order valence-electron chi connectivity index (χ4n) is 1.83. The van der Waals surface area contributed by atoms with Gasteiger partial charge in [-0.05, 0) is 30.5 Å². The summed E-state index contributed by atoms with van der Waals surface area (Å²) in [7, 11) is 0. The Morgan fingerprint density at radius 1 is 1.00 bits per heavy atom. The van der Waals surface area contributed by atoms with Gasteiger partial charge in [-0.3, -0.25) is 0 Å². The Morgan fingerprint density at radius 3 is 2.50 bits per heavy atom. The van der Waals surface area contributed by atoms with E-state index in [2.05, 4.69) is 0 Å². The lowest BCUT2D eigenvalue weighted by molar-refractivity contribution is 0.0494. The van der Waals surface area contributed by atoms with Crippen molar-refractivity contribution >= 4 is 5.97 Å². The lowest BCUT2D eigenvalue weighted by atomic mass is 10.1. The minimum atomic E-state index is -1.17. The molecule has 0 aliphatic carbocycles. The molecule has 0 heterocycles. The van der Waals surface area contributed by atoms with E-state index in [0.29, 0.717) is 6.42 Å². The lowest BCUT2D eigenvalue weighted by Gasteiger charge is -2.06. The van der Waals surface area contributed by atoms with E-state index in [4.69, 9.17) is 4.74 Å². The van der Waals surface area contributed by atoms with Crippen LogP contribution in [0, 0.1) is 11.6 Å². The highest BCUT2D eigenvalue weighted by Crippen LogP contribution is 2.12. The van der Waals surface area contributed by atoms with E-state index in [9.17, 15) is 13.6 Å². The van der Waals surface area contributed by atoms with Gasteiger partial charge >= 0.3 is 5.97 Å². The van der Waals surface area contributed by atoms with Gasteiger partial charge in [0.25, 0.3) is 0 Å². The van der Waals surface area contributed by atoms with Crippen molar-refractivity contribution in [2.24, 2.45) is 0 Å². The van der Waals surface area contributed by atoms with Crippen LogP contribution in [0.1, 0.15) is 22.3 Å². The summed E-state index contributed by atoms with van der Waals surface area (Å²) in [5.74, 6) is -3.06. The molecule has 0 saturated carbocycles. The molecule has 0 unspecified atom stereocenters. The summed E-state index contributed by atoms with van der Waals surface area (Å²) in [6.45, 7) is 0.170. The molecule has 2 aromatic carbocycles. The van der Waals surface area contributed by atoms with Crippen LogP contribution in [0.25, 0.3) is 0 Å². The lowest BCUT2D eigenvalue weighted by Crippen LogP contribution is -2.10. The predicted octanol–water partition coefficient (Wildman–Crippen LogP) is 3.75. The largest absolute Gasteiger partial charge is 0.462 e. The van der Waals surface area contributed by atoms with Gasteiger partial charge in [0.15, 0.2) is 11.6 Å². The van der Waals surface area contributed by atoms with Gasteiger partial charge in [0, 0.05) is 0 Å². The van der Waals surface area contributed by atoms with Crippen molar-refractivity contribution in [3.05, 3.63) is 71.3 Å². The number of hydrogen-bond acceptors (Lipinski definition) is 2. The fraction of sp³-hybridized carbons (Fsp3) is 0.188. The van der Waals surface area contributed by atoms with E-state index < -0.39 is 17.6 Å². The highest BCUT2D eigenvalue weighted by atomic mass is 19.2. The minimum Gasteiger partial charge on any atom is -0.462 e. The van der Waals surface area contributed by atoms with Crippen LogP contribution in [0.15, 0.2) is 48.5 Å². The number of carbonyl (C=O) groups is 1. The normalized spacial score (nSPS) is 10.3. The molecule has 0 aliphatic rings. The molecule has 0 bridgehead atoms. The van der Waals surface area contributed by atoms with Crippen LogP contribution in [0.4, 0.5) is 8.78 Å². The Kier molecular flexibility index (Phi) is 4.82. The summed E-state index contributed by atoms with van der Waals surface area (Å²) in [5, 5.41) is 0. The highest BCUT2D eigenvalue weighted by molar-refractivity contribution is 5.89. The molecule has 0 spiro atoms. The summed E-state index contributed by atoms with van der Waals surface area (Å²) in [5.41, 5.74) is 0.769. The average molecular weight is 276 g/mol. The van der Waals surface area contributed by atoms with Crippen LogP contribution < -0.4 is 0 Å². The maximum Gasteiger partial charge on any atom is 0.341 e. The number of esters is 1. The molecular formula is C16H14F2O2. The molecule has 2 rings (SSSR count). The van der Waals surface area contributed by atoms with Crippen LogP contribution in [-0.4, -0.2) is 12.6 Å². The summed E-state index contributed by atoms with van der Waals surface area (Å²) < 4.78 is 31.3. The zero-order chi connectivity index (χ0) is 14.4. The molecule has 104 valence electrons. The zero-order valence-corrected chi connectivity index (χ0v) is 10.8. The predicted molar refractivity (Wildman–Crippen MR) is 71.4 cm³/mol. The third-order valence-electron chi connectivity index (χ3n) is 2.86. The van der Waals surface area contributed by atoms with Gasteiger partial charge < -0.3 is 4.74 Å². The van der Waals surface area contributed by atoms with Crippen molar-refractivity contribution in [3.63, 3.8) is 0 Å². The van der Waals surface area contributed by atoms with Crippen molar-refractivity contribution in [1.82, 2.24) is 0 Å². The van der Waals surface area contributed by atoms with Crippen LogP contribution >= 0.6 is 0 Å². The molecule has 0 aromatic heterocycles. The second-order valence-corrected chi connectivity index (χ2v) is 4.33. The Bertz CT molecular complexity index is 582. The van der Waals surface area contributed by atoms with Crippen molar-refractivity contribution in [2.75, 3.05) is 6.61 Å². The second-order valence-electron chi connectivity index (χ2n) is 4.33. The number of carbonyl (C=O) groups excluding carboxylic acids is 1. The fourth-order valence-corrected chi connectivity index (χ4v) is 1.83. The van der Waals surface area contributed by atoms with E-state index in [-0.39, 0.29) is 12.2 Å². The van der Waals surface area contributed by atoms with Crippen LogP contribution in [-0.2, 0) is 11.2 Å². The quantitative estimate of drug-likeness (QED) is 0.614. The number of aryl methyl sites for hydroxylation is 1. The molecule has 0 aliphatic heterocycles. The average Bonchev–Trinajstić information content (AvgIpc) is 2.47.